The van der Waals surface area contributed by atoms with Crippen LogP contribution in [0, 0.1) is 0 Å². The largest absolute Gasteiger partial charge is 0.497 e. The quantitative estimate of drug-likeness (QED) is 0.601. The van der Waals surface area contributed by atoms with Gasteiger partial charge in [0.2, 0.25) is 0 Å². The van der Waals surface area contributed by atoms with Crippen LogP contribution in [0.3, 0.4) is 0 Å². The van der Waals surface area contributed by atoms with Crippen LogP contribution in [0.4, 0.5) is 0 Å². The molecular formula is C20H26O5. The molecule has 2 rings (SSSR count). The van der Waals surface area contributed by atoms with Crippen molar-refractivity contribution < 1.29 is 23.8 Å². The fraction of sp³-hybridized carbons (Fsp3) is 0.500. The van der Waals surface area contributed by atoms with Gasteiger partial charge < -0.3 is 14.2 Å². The van der Waals surface area contributed by atoms with E-state index in [4.69, 9.17) is 14.2 Å². The number of hydrogen-bond donors (Lipinski definition) is 0. The molecule has 0 N–H and O–H groups in total. The summed E-state index contributed by atoms with van der Waals surface area (Å²) in [5.74, 6) is 0.922. The average Bonchev–Trinajstić information content (AvgIpc) is 2.59. The number of carbonyl (C=O) groups is 2. The van der Waals surface area contributed by atoms with E-state index in [1.165, 1.54) is 7.11 Å². The van der Waals surface area contributed by atoms with Crippen LogP contribution in [-0.4, -0.2) is 32.1 Å². The molecule has 1 aliphatic heterocycles. The van der Waals surface area contributed by atoms with Crippen LogP contribution in [-0.2, 0) is 16.0 Å². The fourth-order valence-electron chi connectivity index (χ4n) is 2.90. The van der Waals surface area contributed by atoms with Crippen molar-refractivity contribution in [3.8, 4) is 11.5 Å². The van der Waals surface area contributed by atoms with E-state index in [1.54, 1.807) is 13.2 Å². The summed E-state index contributed by atoms with van der Waals surface area (Å²) in [5.41, 5.74) is 1.22. The molecule has 0 bridgehead atoms. The van der Waals surface area contributed by atoms with Crippen molar-refractivity contribution in [2.75, 3.05) is 14.2 Å². The lowest BCUT2D eigenvalue weighted by atomic mass is 10.0. The third kappa shape index (κ3) is 5.34. The molecule has 0 aromatic heterocycles. The Morgan fingerprint density at radius 3 is 2.60 bits per heavy atom. The molecule has 5 nitrogen and oxygen atoms in total. The molecule has 0 spiro atoms. The Kier molecular flexibility index (Phi) is 7.04. The van der Waals surface area contributed by atoms with Gasteiger partial charge in [0.15, 0.2) is 0 Å². The van der Waals surface area contributed by atoms with Gasteiger partial charge in [0.1, 0.15) is 22.8 Å². The minimum Gasteiger partial charge on any atom is -0.497 e. The average molecular weight is 346 g/mol. The van der Waals surface area contributed by atoms with Gasteiger partial charge in [0.25, 0.3) is 0 Å². The number of Topliss-reactive ketones (excluding diaryl/α,β-unsaturated/α-hetero) is 1. The highest BCUT2D eigenvalue weighted by Crippen LogP contribution is 2.31. The number of methoxy groups -OCH3 is 2. The molecule has 0 aliphatic carbocycles. The van der Waals surface area contributed by atoms with Gasteiger partial charge >= 0.3 is 5.97 Å². The molecule has 0 saturated heterocycles. The van der Waals surface area contributed by atoms with E-state index in [-0.39, 0.29) is 11.9 Å². The summed E-state index contributed by atoms with van der Waals surface area (Å²) in [6.07, 6.45) is 7.44. The zero-order chi connectivity index (χ0) is 18.2. The summed E-state index contributed by atoms with van der Waals surface area (Å²) in [7, 11) is 3.10. The van der Waals surface area contributed by atoms with Crippen molar-refractivity contribution in [2.45, 2.75) is 51.6 Å². The number of benzene rings is 1. The summed E-state index contributed by atoms with van der Waals surface area (Å²) >= 11 is 0. The van der Waals surface area contributed by atoms with Gasteiger partial charge in [-0.3, -0.25) is 4.79 Å². The zero-order valence-electron chi connectivity index (χ0n) is 15.2. The summed E-state index contributed by atoms with van der Waals surface area (Å²) in [4.78, 5) is 24.5. The molecule has 0 unspecified atom stereocenters. The molecule has 0 amide bonds. The Hall–Kier alpha value is -2.30. The van der Waals surface area contributed by atoms with Crippen LogP contribution in [0.2, 0.25) is 0 Å². The van der Waals surface area contributed by atoms with Crippen LogP contribution in [0.5, 0.6) is 11.5 Å². The topological polar surface area (TPSA) is 61.8 Å². The molecule has 0 radical (unpaired) electrons. The second kappa shape index (κ2) is 9.25. The lowest BCUT2D eigenvalue weighted by Gasteiger charge is -2.18. The molecule has 1 aliphatic rings. The lowest BCUT2D eigenvalue weighted by Crippen LogP contribution is -2.18. The highest BCUT2D eigenvalue weighted by molar-refractivity contribution is 5.94. The predicted octanol–water partition coefficient (Wildman–Crippen LogP) is 3.88. The molecule has 1 aromatic carbocycles. The number of cyclic esters (lactones) is 1. The third-order valence-corrected chi connectivity index (χ3v) is 4.29. The fourth-order valence-corrected chi connectivity index (χ4v) is 2.90. The number of ether oxygens (including phenoxy) is 3. The molecule has 0 fully saturated rings. The molecule has 136 valence electrons. The van der Waals surface area contributed by atoms with Gasteiger partial charge in [-0.15, -0.1) is 0 Å². The zero-order valence-corrected chi connectivity index (χ0v) is 15.2. The minimum absolute atomic E-state index is 0.251. The minimum atomic E-state index is -0.404. The first-order valence-electron chi connectivity index (χ1n) is 8.67. The first-order chi connectivity index (χ1) is 12.0. The normalized spacial score (nSPS) is 20.8. The van der Waals surface area contributed by atoms with Crippen LogP contribution in [0.1, 0.15) is 54.9 Å². The standard InChI is InChI=1S/C20H26O5/c1-14-8-7-11-16(21)10-6-4-5-9-15-12-17(23-2)13-18(24-3)19(15)20(22)25-14/h4-5,12-14H,6-11H2,1-3H3/b5-4-/t14-/m0/s1. The van der Waals surface area contributed by atoms with Crippen LogP contribution >= 0.6 is 0 Å². The molecule has 25 heavy (non-hydrogen) atoms. The Labute approximate surface area is 149 Å². The first kappa shape index (κ1) is 19.0. The molecule has 1 heterocycles. The van der Waals surface area contributed by atoms with Crippen LogP contribution in [0.25, 0.3) is 0 Å². The SMILES string of the molecule is COc1cc2c(c(OC)c1)C(=O)O[C@@H](C)CCCC(=O)CC/C=C\C2. The van der Waals surface area contributed by atoms with Crippen molar-refractivity contribution in [2.24, 2.45) is 0 Å². The maximum absolute atomic E-state index is 12.7. The Morgan fingerprint density at radius 1 is 1.08 bits per heavy atom. The van der Waals surface area contributed by atoms with Crippen LogP contribution in [0.15, 0.2) is 24.3 Å². The van der Waals surface area contributed by atoms with Gasteiger partial charge in [-0.25, -0.2) is 4.79 Å². The lowest BCUT2D eigenvalue weighted by molar-refractivity contribution is -0.119. The van der Waals surface area contributed by atoms with E-state index in [0.717, 1.165) is 18.4 Å². The van der Waals surface area contributed by atoms with Crippen molar-refractivity contribution in [1.82, 2.24) is 0 Å². The number of rotatable bonds is 2. The maximum Gasteiger partial charge on any atom is 0.342 e. The van der Waals surface area contributed by atoms with Crippen molar-refractivity contribution in [3.05, 3.63) is 35.4 Å². The highest BCUT2D eigenvalue weighted by atomic mass is 16.5. The Balaban J connectivity index is 2.38. The maximum atomic E-state index is 12.7. The molecule has 1 aromatic rings. The number of allylic oxidation sites excluding steroid dienone is 2. The van der Waals surface area contributed by atoms with Gasteiger partial charge in [-0.2, -0.15) is 0 Å². The number of esters is 1. The number of hydrogen-bond acceptors (Lipinski definition) is 5. The van der Waals surface area contributed by atoms with Gasteiger partial charge in [0.05, 0.1) is 20.3 Å². The number of carbonyl (C=O) groups excluding carboxylic acids is 2. The van der Waals surface area contributed by atoms with Gasteiger partial charge in [0, 0.05) is 18.9 Å². The molecule has 1 atom stereocenters. The van der Waals surface area contributed by atoms with Crippen molar-refractivity contribution >= 4 is 11.8 Å². The van der Waals surface area contributed by atoms with E-state index in [2.05, 4.69) is 0 Å². The van der Waals surface area contributed by atoms with Crippen LogP contribution < -0.4 is 9.47 Å². The highest BCUT2D eigenvalue weighted by Gasteiger charge is 2.22. The monoisotopic (exact) mass is 346 g/mol. The van der Waals surface area contributed by atoms with Gasteiger partial charge in [-0.05, 0) is 44.2 Å². The second-order valence-electron chi connectivity index (χ2n) is 6.22. The summed E-state index contributed by atoms with van der Waals surface area (Å²) in [6.45, 7) is 1.85. The number of fused-ring (bicyclic) bond motifs is 1. The van der Waals surface area contributed by atoms with E-state index in [0.29, 0.717) is 42.7 Å². The third-order valence-electron chi connectivity index (χ3n) is 4.29. The second-order valence-corrected chi connectivity index (χ2v) is 6.22. The smallest absolute Gasteiger partial charge is 0.342 e. The summed E-state index contributed by atoms with van der Waals surface area (Å²) in [5, 5.41) is 0. The summed E-state index contributed by atoms with van der Waals surface area (Å²) < 4.78 is 16.3. The molecule has 5 heteroatoms. The summed E-state index contributed by atoms with van der Waals surface area (Å²) in [6, 6.07) is 3.52. The van der Waals surface area contributed by atoms with Crippen molar-refractivity contribution in [3.63, 3.8) is 0 Å². The predicted molar refractivity (Wildman–Crippen MR) is 95.4 cm³/mol. The Bertz CT molecular complexity index is 648. The van der Waals surface area contributed by atoms with Gasteiger partial charge in [-0.1, -0.05) is 12.2 Å². The van der Waals surface area contributed by atoms with E-state index in [9.17, 15) is 9.59 Å². The van der Waals surface area contributed by atoms with E-state index >= 15 is 0 Å². The Morgan fingerprint density at radius 2 is 1.88 bits per heavy atom. The van der Waals surface area contributed by atoms with E-state index in [1.807, 2.05) is 25.1 Å². The number of ketones is 1. The first-order valence-corrected chi connectivity index (χ1v) is 8.67. The molecular weight excluding hydrogens is 320 g/mol. The van der Waals surface area contributed by atoms with Crippen molar-refractivity contribution in [1.29, 1.82) is 0 Å². The van der Waals surface area contributed by atoms with E-state index < -0.39 is 5.97 Å². The molecule has 0 saturated carbocycles.